The third-order valence-corrected chi connectivity index (χ3v) is 2.67. The Balaban J connectivity index is 2.60. The molecule has 0 amide bonds. The summed E-state index contributed by atoms with van der Waals surface area (Å²) >= 11 is 5.76. The number of aryl methyl sites for hydroxylation is 2. The van der Waals surface area contributed by atoms with Gasteiger partial charge in [0.15, 0.2) is 0 Å². The Labute approximate surface area is 103 Å². The van der Waals surface area contributed by atoms with E-state index in [1.54, 1.807) is 0 Å². The van der Waals surface area contributed by atoms with Crippen LogP contribution in [0, 0.1) is 19.3 Å². The minimum Gasteiger partial charge on any atom is -0.369 e. The first-order valence-corrected chi connectivity index (χ1v) is 6.08. The van der Waals surface area contributed by atoms with Crippen LogP contribution in [0.15, 0.2) is 6.07 Å². The van der Waals surface area contributed by atoms with Gasteiger partial charge in [-0.05, 0) is 25.7 Å². The number of anilines is 1. The fraction of sp³-hybridized carbons (Fsp3) is 0.667. The van der Waals surface area contributed by atoms with Gasteiger partial charge in [0, 0.05) is 24.2 Å². The minimum atomic E-state index is 0.189. The molecule has 0 radical (unpaired) electrons. The van der Waals surface area contributed by atoms with Gasteiger partial charge in [-0.15, -0.1) is 11.6 Å². The lowest BCUT2D eigenvalue weighted by atomic mass is 9.90. The lowest BCUT2D eigenvalue weighted by Crippen LogP contribution is -2.24. The van der Waals surface area contributed by atoms with Gasteiger partial charge in [-0.25, -0.2) is 9.97 Å². The van der Waals surface area contributed by atoms with Gasteiger partial charge < -0.3 is 5.32 Å². The molecule has 0 aliphatic heterocycles. The maximum Gasteiger partial charge on any atom is 0.129 e. The molecule has 0 unspecified atom stereocenters. The number of hydrogen-bond donors (Lipinski definition) is 1. The molecular formula is C12H20ClN3. The molecule has 0 saturated carbocycles. The van der Waals surface area contributed by atoms with E-state index in [9.17, 15) is 0 Å². The highest BCUT2D eigenvalue weighted by Crippen LogP contribution is 2.21. The van der Waals surface area contributed by atoms with Gasteiger partial charge in [-0.2, -0.15) is 0 Å². The van der Waals surface area contributed by atoms with E-state index < -0.39 is 0 Å². The number of halogens is 1. The molecule has 16 heavy (non-hydrogen) atoms. The average molecular weight is 242 g/mol. The summed E-state index contributed by atoms with van der Waals surface area (Å²) in [5.74, 6) is 2.39. The third kappa shape index (κ3) is 4.35. The molecule has 0 spiro atoms. The molecule has 0 aliphatic carbocycles. The van der Waals surface area contributed by atoms with E-state index in [0.29, 0.717) is 5.88 Å². The van der Waals surface area contributed by atoms with Crippen LogP contribution in [0.1, 0.15) is 31.8 Å². The number of rotatable bonds is 5. The third-order valence-electron chi connectivity index (χ3n) is 2.49. The van der Waals surface area contributed by atoms with Crippen molar-refractivity contribution >= 4 is 17.4 Å². The maximum atomic E-state index is 5.76. The van der Waals surface area contributed by atoms with Crippen LogP contribution >= 0.6 is 11.6 Å². The quantitative estimate of drug-likeness (QED) is 0.805. The van der Waals surface area contributed by atoms with Crippen molar-refractivity contribution in [1.29, 1.82) is 0 Å². The van der Waals surface area contributed by atoms with Crippen LogP contribution in [0.3, 0.4) is 0 Å². The second-order valence-corrected chi connectivity index (χ2v) is 5.28. The van der Waals surface area contributed by atoms with Crippen molar-refractivity contribution in [2.75, 3.05) is 17.7 Å². The highest BCUT2D eigenvalue weighted by Gasteiger charge is 2.16. The van der Waals surface area contributed by atoms with Crippen molar-refractivity contribution in [2.45, 2.75) is 34.1 Å². The summed E-state index contributed by atoms with van der Waals surface area (Å²) in [4.78, 5) is 8.58. The molecular weight excluding hydrogens is 222 g/mol. The van der Waals surface area contributed by atoms with Crippen LogP contribution in [0.4, 0.5) is 5.82 Å². The second kappa shape index (κ2) is 5.48. The van der Waals surface area contributed by atoms with Crippen LogP contribution in [0.2, 0.25) is 0 Å². The van der Waals surface area contributed by atoms with Crippen molar-refractivity contribution in [3.8, 4) is 0 Å². The van der Waals surface area contributed by atoms with Gasteiger partial charge in [0.1, 0.15) is 11.6 Å². The fourth-order valence-corrected chi connectivity index (χ4v) is 1.99. The fourth-order valence-electron chi connectivity index (χ4n) is 1.48. The standard InChI is InChI=1S/C12H20ClN3/c1-9-7-11(16-10(2)15-9)14-8-12(3,4)5-6-13/h7H,5-6,8H2,1-4H3,(H,14,15,16). The monoisotopic (exact) mass is 241 g/mol. The number of aromatic nitrogens is 2. The summed E-state index contributed by atoms with van der Waals surface area (Å²) in [5.41, 5.74) is 1.18. The lowest BCUT2D eigenvalue weighted by molar-refractivity contribution is 0.379. The van der Waals surface area contributed by atoms with Crippen LogP contribution in [0.25, 0.3) is 0 Å². The number of nitrogens with zero attached hydrogens (tertiary/aromatic N) is 2. The van der Waals surface area contributed by atoms with E-state index >= 15 is 0 Å². The summed E-state index contributed by atoms with van der Waals surface area (Å²) < 4.78 is 0. The van der Waals surface area contributed by atoms with E-state index in [1.165, 1.54) is 0 Å². The molecule has 1 rings (SSSR count). The van der Waals surface area contributed by atoms with Gasteiger partial charge in [0.05, 0.1) is 0 Å². The minimum absolute atomic E-state index is 0.189. The Morgan fingerprint density at radius 2 is 2.00 bits per heavy atom. The van der Waals surface area contributed by atoms with Gasteiger partial charge in [-0.3, -0.25) is 0 Å². The van der Waals surface area contributed by atoms with Gasteiger partial charge in [0.25, 0.3) is 0 Å². The Bertz CT molecular complexity index is 330. The highest BCUT2D eigenvalue weighted by atomic mass is 35.5. The summed E-state index contributed by atoms with van der Waals surface area (Å²) in [6, 6.07) is 1.96. The summed E-state index contributed by atoms with van der Waals surface area (Å²) in [5, 5.41) is 3.34. The smallest absolute Gasteiger partial charge is 0.129 e. The Morgan fingerprint density at radius 3 is 2.56 bits per heavy atom. The molecule has 0 saturated heterocycles. The van der Waals surface area contributed by atoms with E-state index in [0.717, 1.165) is 30.3 Å². The number of hydrogen-bond acceptors (Lipinski definition) is 3. The molecule has 1 N–H and O–H groups in total. The molecule has 0 bridgehead atoms. The van der Waals surface area contributed by atoms with Gasteiger partial charge in [0.2, 0.25) is 0 Å². The molecule has 1 heterocycles. The van der Waals surface area contributed by atoms with Gasteiger partial charge in [-0.1, -0.05) is 13.8 Å². The van der Waals surface area contributed by atoms with Crippen molar-refractivity contribution < 1.29 is 0 Å². The highest BCUT2D eigenvalue weighted by molar-refractivity contribution is 6.17. The van der Waals surface area contributed by atoms with Crippen molar-refractivity contribution in [1.82, 2.24) is 9.97 Å². The summed E-state index contributed by atoms with van der Waals surface area (Å²) in [6.07, 6.45) is 0.991. The van der Waals surface area contributed by atoms with Gasteiger partial charge >= 0.3 is 0 Å². The molecule has 0 fully saturated rings. The van der Waals surface area contributed by atoms with E-state index in [1.807, 2.05) is 19.9 Å². The molecule has 1 aromatic rings. The zero-order valence-corrected chi connectivity index (χ0v) is 11.2. The largest absolute Gasteiger partial charge is 0.369 e. The number of alkyl halides is 1. The Hall–Kier alpha value is -0.830. The molecule has 90 valence electrons. The van der Waals surface area contributed by atoms with Crippen LogP contribution in [0.5, 0.6) is 0 Å². The second-order valence-electron chi connectivity index (χ2n) is 4.90. The van der Waals surface area contributed by atoms with E-state index in [-0.39, 0.29) is 5.41 Å². The van der Waals surface area contributed by atoms with E-state index in [2.05, 4.69) is 29.1 Å². The summed E-state index contributed by atoms with van der Waals surface area (Å²) in [7, 11) is 0. The lowest BCUT2D eigenvalue weighted by Gasteiger charge is -2.24. The Morgan fingerprint density at radius 1 is 1.31 bits per heavy atom. The topological polar surface area (TPSA) is 37.8 Å². The SMILES string of the molecule is Cc1cc(NCC(C)(C)CCCl)nc(C)n1. The van der Waals surface area contributed by atoms with Crippen LogP contribution in [-0.2, 0) is 0 Å². The number of nitrogens with one attached hydrogen (secondary N) is 1. The normalized spacial score (nSPS) is 11.6. The van der Waals surface area contributed by atoms with Crippen LogP contribution in [-0.4, -0.2) is 22.4 Å². The Kier molecular flexibility index (Phi) is 4.54. The van der Waals surface area contributed by atoms with Crippen LogP contribution < -0.4 is 5.32 Å². The first-order chi connectivity index (χ1) is 7.43. The van der Waals surface area contributed by atoms with Crippen molar-refractivity contribution in [2.24, 2.45) is 5.41 Å². The first kappa shape index (κ1) is 13.2. The predicted molar refractivity (Wildman–Crippen MR) is 69.1 cm³/mol. The molecule has 0 aromatic carbocycles. The molecule has 4 heteroatoms. The van der Waals surface area contributed by atoms with Crippen molar-refractivity contribution in [3.05, 3.63) is 17.6 Å². The maximum absolute atomic E-state index is 5.76. The molecule has 1 aromatic heterocycles. The predicted octanol–water partition coefficient (Wildman–Crippen LogP) is 3.16. The van der Waals surface area contributed by atoms with E-state index in [4.69, 9.17) is 11.6 Å². The summed E-state index contributed by atoms with van der Waals surface area (Å²) in [6.45, 7) is 9.15. The van der Waals surface area contributed by atoms with Crippen molar-refractivity contribution in [3.63, 3.8) is 0 Å². The zero-order valence-electron chi connectivity index (χ0n) is 10.5. The zero-order chi connectivity index (χ0) is 12.2. The molecule has 0 aliphatic rings. The molecule has 3 nitrogen and oxygen atoms in total. The first-order valence-electron chi connectivity index (χ1n) is 5.55. The molecule has 0 atom stereocenters. The average Bonchev–Trinajstić information content (AvgIpc) is 2.13.